The van der Waals surface area contributed by atoms with Gasteiger partial charge >= 0.3 is 0 Å². The summed E-state index contributed by atoms with van der Waals surface area (Å²) in [6, 6.07) is 4.61. The van der Waals surface area contributed by atoms with Gasteiger partial charge < -0.3 is 0 Å². The number of fused-ring (bicyclic) bond motifs is 1. The lowest BCUT2D eigenvalue weighted by atomic mass is 10.2. The molecule has 0 N–H and O–H groups in total. The van der Waals surface area contributed by atoms with Gasteiger partial charge in [-0.3, -0.25) is 4.68 Å². The van der Waals surface area contributed by atoms with Crippen molar-refractivity contribution in [2.75, 3.05) is 0 Å². The van der Waals surface area contributed by atoms with Crippen molar-refractivity contribution in [2.24, 2.45) is 0 Å². The van der Waals surface area contributed by atoms with Crippen molar-refractivity contribution in [1.29, 1.82) is 0 Å². The standard InChI is InChI=1S/C10H10ClFN2/c1-6(2)14-10(11)8-4-3-7(12)5-9(8)13-14/h3-6H,1-2H3. The summed E-state index contributed by atoms with van der Waals surface area (Å²) in [5.41, 5.74) is 0.601. The van der Waals surface area contributed by atoms with Crippen LogP contribution in [0.2, 0.25) is 5.15 Å². The van der Waals surface area contributed by atoms with Gasteiger partial charge in [0.2, 0.25) is 0 Å². The molecule has 0 radical (unpaired) electrons. The molecule has 74 valence electrons. The van der Waals surface area contributed by atoms with Crippen LogP contribution < -0.4 is 0 Å². The Bertz CT molecular complexity index is 476. The highest BCUT2D eigenvalue weighted by Crippen LogP contribution is 2.26. The number of rotatable bonds is 1. The van der Waals surface area contributed by atoms with Crippen molar-refractivity contribution in [3.63, 3.8) is 0 Å². The Balaban J connectivity index is 2.73. The fraction of sp³-hybridized carbons (Fsp3) is 0.300. The predicted octanol–water partition coefficient (Wildman–Crippen LogP) is 3.41. The van der Waals surface area contributed by atoms with Crippen molar-refractivity contribution < 1.29 is 4.39 Å². The third-order valence-electron chi connectivity index (χ3n) is 2.09. The minimum absolute atomic E-state index is 0.179. The molecule has 14 heavy (non-hydrogen) atoms. The van der Waals surface area contributed by atoms with Gasteiger partial charge in [-0.1, -0.05) is 11.6 Å². The van der Waals surface area contributed by atoms with Gasteiger partial charge in [-0.25, -0.2) is 4.39 Å². The third-order valence-corrected chi connectivity index (χ3v) is 2.46. The van der Waals surface area contributed by atoms with Gasteiger partial charge in [0, 0.05) is 17.5 Å². The Morgan fingerprint density at radius 1 is 1.43 bits per heavy atom. The summed E-state index contributed by atoms with van der Waals surface area (Å²) in [5, 5.41) is 5.58. The van der Waals surface area contributed by atoms with Crippen LogP contribution in [0.15, 0.2) is 18.2 Å². The summed E-state index contributed by atoms with van der Waals surface area (Å²) in [5.74, 6) is -0.289. The fourth-order valence-corrected chi connectivity index (χ4v) is 1.78. The van der Waals surface area contributed by atoms with Crippen LogP contribution in [0, 0.1) is 5.82 Å². The molecule has 2 nitrogen and oxygen atoms in total. The molecule has 1 aromatic carbocycles. The maximum atomic E-state index is 12.9. The summed E-state index contributed by atoms with van der Waals surface area (Å²) in [7, 11) is 0. The Morgan fingerprint density at radius 3 is 2.79 bits per heavy atom. The number of benzene rings is 1. The summed E-state index contributed by atoms with van der Waals surface area (Å²) < 4.78 is 14.6. The molecule has 0 saturated carbocycles. The van der Waals surface area contributed by atoms with Gasteiger partial charge in [0.25, 0.3) is 0 Å². The van der Waals surface area contributed by atoms with Gasteiger partial charge in [-0.05, 0) is 26.0 Å². The first-order valence-corrected chi connectivity index (χ1v) is 4.80. The number of halogens is 2. The summed E-state index contributed by atoms with van der Waals surface area (Å²) in [4.78, 5) is 0. The van der Waals surface area contributed by atoms with E-state index in [-0.39, 0.29) is 11.9 Å². The van der Waals surface area contributed by atoms with Crippen molar-refractivity contribution in [2.45, 2.75) is 19.9 Å². The van der Waals surface area contributed by atoms with Crippen LogP contribution >= 0.6 is 11.6 Å². The molecule has 0 aliphatic carbocycles. The molecule has 1 aromatic heterocycles. The molecule has 0 atom stereocenters. The molecule has 0 amide bonds. The van der Waals surface area contributed by atoms with Gasteiger partial charge in [0.05, 0.1) is 5.52 Å². The first-order valence-electron chi connectivity index (χ1n) is 4.43. The molecule has 1 heterocycles. The highest BCUT2D eigenvalue weighted by atomic mass is 35.5. The molecule has 0 spiro atoms. The van der Waals surface area contributed by atoms with Crippen LogP contribution in [0.5, 0.6) is 0 Å². The Hall–Kier alpha value is -1.09. The largest absolute Gasteiger partial charge is 0.250 e. The molecule has 0 saturated heterocycles. The van der Waals surface area contributed by atoms with E-state index in [1.54, 1.807) is 10.7 Å². The normalized spacial score (nSPS) is 11.5. The smallest absolute Gasteiger partial charge is 0.135 e. The second-order valence-electron chi connectivity index (χ2n) is 3.49. The average Bonchev–Trinajstić information content (AvgIpc) is 2.43. The highest BCUT2D eigenvalue weighted by molar-refractivity contribution is 6.34. The van der Waals surface area contributed by atoms with Crippen molar-refractivity contribution in [3.05, 3.63) is 29.2 Å². The van der Waals surface area contributed by atoms with Crippen molar-refractivity contribution >= 4 is 22.5 Å². The Kier molecular flexibility index (Phi) is 2.19. The molecule has 0 unspecified atom stereocenters. The van der Waals surface area contributed by atoms with Gasteiger partial charge in [0.15, 0.2) is 0 Å². The SMILES string of the molecule is CC(C)n1nc2cc(F)ccc2c1Cl. The van der Waals surface area contributed by atoms with Crippen molar-refractivity contribution in [3.8, 4) is 0 Å². The van der Waals surface area contributed by atoms with Crippen LogP contribution in [-0.4, -0.2) is 9.78 Å². The fourth-order valence-electron chi connectivity index (χ4n) is 1.39. The molecule has 0 bridgehead atoms. The lowest BCUT2D eigenvalue weighted by Crippen LogP contribution is -2.01. The van der Waals surface area contributed by atoms with Crippen molar-refractivity contribution in [1.82, 2.24) is 9.78 Å². The number of hydrogen-bond donors (Lipinski definition) is 0. The lowest BCUT2D eigenvalue weighted by Gasteiger charge is -2.05. The maximum Gasteiger partial charge on any atom is 0.135 e. The first kappa shape index (κ1) is 9.46. The lowest BCUT2D eigenvalue weighted by molar-refractivity contribution is 0.538. The van der Waals surface area contributed by atoms with Crippen LogP contribution in [-0.2, 0) is 0 Å². The van der Waals surface area contributed by atoms with E-state index in [0.717, 1.165) is 5.39 Å². The quantitative estimate of drug-likeness (QED) is 0.709. The summed E-state index contributed by atoms with van der Waals surface area (Å²) in [6.45, 7) is 3.96. The molecule has 2 rings (SSSR count). The summed E-state index contributed by atoms with van der Waals surface area (Å²) >= 11 is 6.08. The third kappa shape index (κ3) is 1.38. The number of nitrogens with zero attached hydrogens (tertiary/aromatic N) is 2. The van der Waals surface area contributed by atoms with E-state index >= 15 is 0 Å². The van der Waals surface area contributed by atoms with Gasteiger partial charge in [-0.15, -0.1) is 0 Å². The zero-order chi connectivity index (χ0) is 10.3. The van der Waals surface area contributed by atoms with Crippen LogP contribution in [0.1, 0.15) is 19.9 Å². The van der Waals surface area contributed by atoms with E-state index in [1.807, 2.05) is 13.8 Å². The van der Waals surface area contributed by atoms with E-state index < -0.39 is 0 Å². The second-order valence-corrected chi connectivity index (χ2v) is 3.85. The van der Waals surface area contributed by atoms with E-state index in [0.29, 0.717) is 10.7 Å². The minimum Gasteiger partial charge on any atom is -0.250 e. The monoisotopic (exact) mass is 212 g/mol. The van der Waals surface area contributed by atoms with E-state index in [9.17, 15) is 4.39 Å². The molecule has 0 fully saturated rings. The number of hydrogen-bond acceptors (Lipinski definition) is 1. The van der Waals surface area contributed by atoms with Gasteiger partial charge in [0.1, 0.15) is 11.0 Å². The number of aromatic nitrogens is 2. The first-order chi connectivity index (χ1) is 6.59. The zero-order valence-corrected chi connectivity index (χ0v) is 8.72. The van der Waals surface area contributed by atoms with E-state index in [2.05, 4.69) is 5.10 Å². The minimum atomic E-state index is -0.289. The molecule has 0 aliphatic heterocycles. The Labute approximate surface area is 86.3 Å². The molecular formula is C10H10ClFN2. The van der Waals surface area contributed by atoms with Crippen LogP contribution in [0.3, 0.4) is 0 Å². The highest BCUT2D eigenvalue weighted by Gasteiger charge is 2.11. The average molecular weight is 213 g/mol. The van der Waals surface area contributed by atoms with E-state index in [4.69, 9.17) is 11.6 Å². The van der Waals surface area contributed by atoms with E-state index in [1.165, 1.54) is 12.1 Å². The second kappa shape index (κ2) is 3.24. The predicted molar refractivity (Wildman–Crippen MR) is 55.1 cm³/mol. The molecule has 2 aromatic rings. The topological polar surface area (TPSA) is 17.8 Å². The molecular weight excluding hydrogens is 203 g/mol. The van der Waals surface area contributed by atoms with Crippen LogP contribution in [0.25, 0.3) is 10.9 Å². The maximum absolute atomic E-state index is 12.9. The molecule has 4 heteroatoms. The van der Waals surface area contributed by atoms with Crippen LogP contribution in [0.4, 0.5) is 4.39 Å². The zero-order valence-electron chi connectivity index (χ0n) is 7.96. The van der Waals surface area contributed by atoms with Gasteiger partial charge in [-0.2, -0.15) is 5.10 Å². The summed E-state index contributed by atoms with van der Waals surface area (Å²) in [6.07, 6.45) is 0. The Morgan fingerprint density at radius 2 is 2.14 bits per heavy atom. The molecule has 0 aliphatic rings.